The van der Waals surface area contributed by atoms with Crippen molar-refractivity contribution in [1.29, 1.82) is 0 Å². The zero-order valence-electron chi connectivity index (χ0n) is 21.6. The van der Waals surface area contributed by atoms with Crippen molar-refractivity contribution >= 4 is 28.3 Å². The Labute approximate surface area is 225 Å². The summed E-state index contributed by atoms with van der Waals surface area (Å²) in [6.45, 7) is 1.94. The maximum atomic E-state index is 15.0. The van der Waals surface area contributed by atoms with E-state index in [1.54, 1.807) is 12.1 Å². The lowest BCUT2D eigenvalue weighted by molar-refractivity contribution is 0.217. The van der Waals surface area contributed by atoms with Gasteiger partial charge in [-0.1, -0.05) is 36.4 Å². The molecule has 0 saturated carbocycles. The van der Waals surface area contributed by atoms with Crippen molar-refractivity contribution in [2.75, 3.05) is 20.1 Å². The quantitative estimate of drug-likeness (QED) is 0.370. The van der Waals surface area contributed by atoms with Crippen LogP contribution in [0.5, 0.6) is 0 Å². The van der Waals surface area contributed by atoms with E-state index in [2.05, 4.69) is 37.8 Å². The van der Waals surface area contributed by atoms with Crippen molar-refractivity contribution in [3.05, 3.63) is 93.7 Å². The second kappa shape index (κ2) is 10.4. The highest BCUT2D eigenvalue weighted by Crippen LogP contribution is 2.33. The molecule has 0 unspecified atom stereocenters. The van der Waals surface area contributed by atoms with Gasteiger partial charge in [0.15, 0.2) is 0 Å². The number of aromatic amines is 1. The van der Waals surface area contributed by atoms with Crippen LogP contribution in [0.3, 0.4) is 0 Å². The van der Waals surface area contributed by atoms with Crippen LogP contribution in [0.1, 0.15) is 29.7 Å². The van der Waals surface area contributed by atoms with Gasteiger partial charge in [0.05, 0.1) is 16.8 Å². The number of benzene rings is 3. The summed E-state index contributed by atoms with van der Waals surface area (Å²) < 4.78 is 15.0. The van der Waals surface area contributed by atoms with E-state index in [1.165, 1.54) is 6.07 Å². The summed E-state index contributed by atoms with van der Waals surface area (Å²) >= 11 is 0. The van der Waals surface area contributed by atoms with E-state index in [9.17, 15) is 14.0 Å². The minimum absolute atomic E-state index is 0.164. The fourth-order valence-electron chi connectivity index (χ4n) is 5.33. The second-order valence-corrected chi connectivity index (χ2v) is 10.3. The molecule has 8 nitrogen and oxygen atoms in total. The Morgan fingerprint density at radius 3 is 2.69 bits per heavy atom. The fourth-order valence-corrected chi connectivity index (χ4v) is 5.33. The fraction of sp³-hybridized carbons (Fsp3) is 0.267. The van der Waals surface area contributed by atoms with Gasteiger partial charge in [-0.25, -0.2) is 19.3 Å². The monoisotopic (exact) mass is 524 g/mol. The normalized spacial score (nSPS) is 15.7. The highest BCUT2D eigenvalue weighted by Gasteiger charge is 2.22. The molecule has 39 heavy (non-hydrogen) atoms. The predicted octanol–water partition coefficient (Wildman–Crippen LogP) is 4.30. The maximum Gasteiger partial charge on any atom is 0.320 e. The number of halogens is 1. The standard InChI is InChI=1S/C30H29FN6O2/c1-37-12-10-21(11-13-37)32-30(39)34-28-17-20-8-7-19(16-26(20)33-28)24-14-18(6-9-25(24)31)15-27-22-4-2-3-5-23(22)29(38)36-35-27/h2-9,14,16,21H,10-13,15,17H2,1H3,(H,36,38)(H2,32,33,34,39). The first-order chi connectivity index (χ1) is 18.9. The van der Waals surface area contributed by atoms with Gasteiger partial charge in [0, 0.05) is 29.8 Å². The number of carbonyl (C=O) groups excluding carboxylic acids is 1. The van der Waals surface area contributed by atoms with E-state index in [1.807, 2.05) is 42.5 Å². The molecular formula is C30H29FN6O2. The molecule has 9 heteroatoms. The largest absolute Gasteiger partial charge is 0.335 e. The number of urea groups is 1. The van der Waals surface area contributed by atoms with Crippen LogP contribution in [-0.4, -0.2) is 53.1 Å². The van der Waals surface area contributed by atoms with Crippen molar-refractivity contribution < 1.29 is 9.18 Å². The third-order valence-corrected chi connectivity index (χ3v) is 7.50. The van der Waals surface area contributed by atoms with E-state index < -0.39 is 0 Å². The summed E-state index contributed by atoms with van der Waals surface area (Å²) in [7, 11) is 2.09. The molecule has 0 radical (unpaired) electrons. The lowest BCUT2D eigenvalue weighted by Gasteiger charge is -2.29. The maximum absolute atomic E-state index is 15.0. The van der Waals surface area contributed by atoms with Crippen LogP contribution < -0.4 is 16.2 Å². The van der Waals surface area contributed by atoms with Crippen LogP contribution in [0, 0.1) is 5.82 Å². The first-order valence-corrected chi connectivity index (χ1v) is 13.1. The molecule has 4 aromatic rings. The van der Waals surface area contributed by atoms with Crippen molar-refractivity contribution in [1.82, 2.24) is 25.7 Å². The van der Waals surface area contributed by atoms with Crippen LogP contribution >= 0.6 is 0 Å². The molecule has 3 heterocycles. The molecule has 3 N–H and O–H groups in total. The van der Waals surface area contributed by atoms with Crippen molar-refractivity contribution in [2.45, 2.75) is 31.7 Å². The van der Waals surface area contributed by atoms with E-state index in [0.29, 0.717) is 35.2 Å². The molecule has 0 aliphatic carbocycles. The number of nitrogens with one attached hydrogen (secondary N) is 3. The smallest absolute Gasteiger partial charge is 0.320 e. The molecule has 0 atom stereocenters. The Balaban J connectivity index is 1.20. The Morgan fingerprint density at radius 1 is 1.08 bits per heavy atom. The first kappa shape index (κ1) is 24.9. The van der Waals surface area contributed by atoms with Crippen LogP contribution in [0.4, 0.5) is 14.9 Å². The van der Waals surface area contributed by atoms with Crippen LogP contribution in [0.15, 0.2) is 70.5 Å². The highest BCUT2D eigenvalue weighted by molar-refractivity contribution is 6.02. The van der Waals surface area contributed by atoms with Gasteiger partial charge in [-0.2, -0.15) is 5.10 Å². The summed E-state index contributed by atoms with van der Waals surface area (Å²) in [5, 5.41) is 14.1. The number of aromatic nitrogens is 2. The second-order valence-electron chi connectivity index (χ2n) is 10.3. The summed E-state index contributed by atoms with van der Waals surface area (Å²) in [4.78, 5) is 31.5. The van der Waals surface area contributed by atoms with Gasteiger partial charge in [-0.3, -0.25) is 10.1 Å². The van der Waals surface area contributed by atoms with Gasteiger partial charge in [0.25, 0.3) is 5.56 Å². The Hall–Kier alpha value is -4.37. The molecule has 2 amide bonds. The van der Waals surface area contributed by atoms with E-state index in [4.69, 9.17) is 0 Å². The van der Waals surface area contributed by atoms with Crippen molar-refractivity contribution in [2.24, 2.45) is 4.99 Å². The van der Waals surface area contributed by atoms with Gasteiger partial charge in [0.2, 0.25) is 0 Å². The number of amides is 2. The minimum Gasteiger partial charge on any atom is -0.335 e. The topological polar surface area (TPSA) is 102 Å². The molecule has 2 aliphatic rings. The molecule has 1 fully saturated rings. The number of likely N-dealkylation sites (tertiary alicyclic amines) is 1. The Kier molecular flexibility index (Phi) is 6.66. The predicted molar refractivity (Wildman–Crippen MR) is 150 cm³/mol. The van der Waals surface area contributed by atoms with Crippen LogP contribution in [0.2, 0.25) is 0 Å². The average molecular weight is 525 g/mol. The van der Waals surface area contributed by atoms with Gasteiger partial charge < -0.3 is 10.2 Å². The number of H-pyrrole nitrogens is 1. The molecule has 1 aromatic heterocycles. The third-order valence-electron chi connectivity index (χ3n) is 7.50. The molecule has 1 saturated heterocycles. The molecule has 6 rings (SSSR count). The molecule has 0 bridgehead atoms. The van der Waals surface area contributed by atoms with E-state index in [0.717, 1.165) is 53.8 Å². The van der Waals surface area contributed by atoms with Crippen molar-refractivity contribution in [3.8, 4) is 11.1 Å². The summed E-state index contributed by atoms with van der Waals surface area (Å²) in [5.74, 6) is 0.244. The molecule has 2 aliphatic heterocycles. The lowest BCUT2D eigenvalue weighted by atomic mass is 9.97. The van der Waals surface area contributed by atoms with Crippen LogP contribution in [0.25, 0.3) is 21.9 Å². The minimum atomic E-state index is -0.337. The number of rotatable bonds is 4. The van der Waals surface area contributed by atoms with Crippen molar-refractivity contribution in [3.63, 3.8) is 0 Å². The molecule has 198 valence electrons. The average Bonchev–Trinajstić information content (AvgIpc) is 3.34. The number of hydrogen-bond acceptors (Lipinski definition) is 5. The third kappa shape index (κ3) is 5.31. The summed E-state index contributed by atoms with van der Waals surface area (Å²) in [5.41, 5.74) is 4.22. The van der Waals surface area contributed by atoms with Gasteiger partial charge >= 0.3 is 6.03 Å². The number of fused-ring (bicyclic) bond motifs is 2. The zero-order chi connectivity index (χ0) is 26.9. The van der Waals surface area contributed by atoms with Crippen LogP contribution in [-0.2, 0) is 12.8 Å². The Morgan fingerprint density at radius 2 is 1.87 bits per heavy atom. The highest BCUT2D eigenvalue weighted by atomic mass is 19.1. The van der Waals surface area contributed by atoms with Gasteiger partial charge in [0.1, 0.15) is 11.7 Å². The Bertz CT molecular complexity index is 1660. The van der Waals surface area contributed by atoms with Gasteiger partial charge in [-0.05, 0) is 73.9 Å². The number of carbonyl (C=O) groups is 1. The molecule has 0 spiro atoms. The number of nitrogens with zero attached hydrogens (tertiary/aromatic N) is 3. The first-order valence-electron chi connectivity index (χ1n) is 13.1. The molecular weight excluding hydrogens is 495 g/mol. The van der Waals surface area contributed by atoms with Gasteiger partial charge in [-0.15, -0.1) is 0 Å². The SMILES string of the molecule is CN1CCC(NC(=O)NC2=Nc3cc(-c4cc(Cc5n[nH]c(=O)c6ccccc56)ccc4F)ccc3C2)CC1. The number of hydrogen-bond donors (Lipinski definition) is 3. The number of piperidine rings is 1. The lowest BCUT2D eigenvalue weighted by Crippen LogP contribution is -2.48. The summed E-state index contributed by atoms with van der Waals surface area (Å²) in [6, 6.07) is 17.9. The number of aliphatic imine (C=N–C) groups is 1. The number of amidine groups is 1. The summed E-state index contributed by atoms with van der Waals surface area (Å²) in [6.07, 6.45) is 2.82. The molecule has 3 aromatic carbocycles. The van der Waals surface area contributed by atoms with E-state index >= 15 is 0 Å². The van der Waals surface area contributed by atoms with E-state index in [-0.39, 0.29) is 23.4 Å². The zero-order valence-corrected chi connectivity index (χ0v) is 21.6.